The van der Waals surface area contributed by atoms with Gasteiger partial charge in [-0.1, -0.05) is 0 Å². The Morgan fingerprint density at radius 1 is 1.18 bits per heavy atom. The summed E-state index contributed by atoms with van der Waals surface area (Å²) in [5, 5.41) is 5.00. The quantitative estimate of drug-likeness (QED) is 0.191. The number of nitrogens with one attached hydrogen (secondary N) is 2. The zero-order valence-electron chi connectivity index (χ0n) is 18.3. The van der Waals surface area contributed by atoms with Crippen LogP contribution in [-0.2, 0) is 0 Å². The molecule has 2 N–H and O–H groups in total. The number of nitrogens with zero attached hydrogens (tertiary/aromatic N) is 4. The van der Waals surface area contributed by atoms with E-state index in [1.807, 2.05) is 49.4 Å². The van der Waals surface area contributed by atoms with Gasteiger partial charge in [0.15, 0.2) is 0 Å². The third kappa shape index (κ3) is 3.54. The van der Waals surface area contributed by atoms with Crippen molar-refractivity contribution in [1.82, 2.24) is 24.5 Å². The number of halogens is 2. The van der Waals surface area contributed by atoms with Gasteiger partial charge >= 0.3 is 205 Å². The van der Waals surface area contributed by atoms with E-state index in [9.17, 15) is 9.18 Å². The number of rotatable bonds is 5. The maximum atomic E-state index is 14.0. The van der Waals surface area contributed by atoms with Crippen LogP contribution < -0.4 is 32.1 Å². The van der Waals surface area contributed by atoms with Crippen molar-refractivity contribution in [2.45, 2.75) is 23.3 Å². The molecule has 1 aliphatic rings. The van der Waals surface area contributed by atoms with Crippen LogP contribution in [0.25, 0.3) is 27.6 Å². The fraction of sp³-hybridized carbons (Fsp3) is 0.200. The second-order valence-electron chi connectivity index (χ2n) is 8.26. The Hall–Kier alpha value is -3.34. The number of para-hydroxylation sites is 1. The molecule has 1 aliphatic heterocycles. The molecule has 9 heteroatoms. The number of imidazole rings is 1. The Bertz CT molecular complexity index is 1580. The van der Waals surface area contributed by atoms with Crippen LogP contribution in [0.4, 0.5) is 10.2 Å². The van der Waals surface area contributed by atoms with Crippen molar-refractivity contribution in [2.75, 3.05) is 9.74 Å². The van der Waals surface area contributed by atoms with Crippen molar-refractivity contribution in [3.8, 4) is 5.69 Å². The summed E-state index contributed by atoms with van der Waals surface area (Å²) in [6.45, 7) is 1.93. The van der Waals surface area contributed by atoms with Crippen LogP contribution in [0.5, 0.6) is 0 Å². The van der Waals surface area contributed by atoms with Crippen molar-refractivity contribution in [3.05, 3.63) is 88.6 Å². The third-order valence-electron chi connectivity index (χ3n) is 6.17. The zero-order chi connectivity index (χ0) is 23.2. The topological polar surface area (TPSA) is 88.5 Å². The zero-order valence-corrected chi connectivity index (χ0v) is 20.5. The molecule has 3 aromatic heterocycles. The van der Waals surface area contributed by atoms with Crippen LogP contribution in [0.3, 0.4) is 0 Å². The summed E-state index contributed by atoms with van der Waals surface area (Å²) in [5.41, 5.74) is 3.45. The molecule has 1 fully saturated rings. The molecule has 0 bridgehead atoms. The molecular formula is C25H21FIN6O-. The molecule has 172 valence electrons. The van der Waals surface area contributed by atoms with Gasteiger partial charge in [0.1, 0.15) is 0 Å². The van der Waals surface area contributed by atoms with E-state index in [0.717, 1.165) is 28.6 Å². The summed E-state index contributed by atoms with van der Waals surface area (Å²) < 4.78 is 17.6. The molecule has 1 unspecified atom stereocenters. The van der Waals surface area contributed by atoms with Gasteiger partial charge in [0.25, 0.3) is 0 Å². The average molecular weight is 567 g/mol. The summed E-state index contributed by atoms with van der Waals surface area (Å²) in [4.78, 5) is 28.7. The van der Waals surface area contributed by atoms with Crippen LogP contribution in [-0.4, -0.2) is 28.9 Å². The van der Waals surface area contributed by atoms with Gasteiger partial charge in [-0.05, 0) is 0 Å². The van der Waals surface area contributed by atoms with E-state index in [1.54, 1.807) is 4.57 Å². The van der Waals surface area contributed by atoms with E-state index in [4.69, 9.17) is 0 Å². The Kier molecular flexibility index (Phi) is 5.28. The fourth-order valence-electron chi connectivity index (χ4n) is 4.48. The number of fused-ring (bicyclic) bond motifs is 2. The molecule has 6 rings (SSSR count). The fourth-order valence-corrected chi connectivity index (χ4v) is 6.72. The van der Waals surface area contributed by atoms with E-state index in [0.29, 0.717) is 15.3 Å². The molecule has 34 heavy (non-hydrogen) atoms. The van der Waals surface area contributed by atoms with Crippen LogP contribution in [0.15, 0.2) is 65.7 Å². The second kappa shape index (κ2) is 8.46. The predicted molar refractivity (Wildman–Crippen MR) is 125 cm³/mol. The first-order valence-corrected chi connectivity index (χ1v) is 13.8. The summed E-state index contributed by atoms with van der Waals surface area (Å²) >= 11 is 0.104. The first kappa shape index (κ1) is 21.2. The van der Waals surface area contributed by atoms with Gasteiger partial charge in [-0.25, -0.2) is 0 Å². The van der Waals surface area contributed by atoms with Gasteiger partial charge in [-0.15, -0.1) is 0 Å². The number of hydrogen-bond donors (Lipinski definition) is 2. The molecule has 0 spiro atoms. The number of benzene rings is 2. The Labute approximate surface area is 204 Å². The third-order valence-corrected chi connectivity index (χ3v) is 9.78. The minimum absolute atomic E-state index is 0.0283. The summed E-state index contributed by atoms with van der Waals surface area (Å²) in [5.74, 6) is 0.299. The Morgan fingerprint density at radius 2 is 2.00 bits per heavy atom. The van der Waals surface area contributed by atoms with Crippen molar-refractivity contribution in [1.29, 1.82) is 0 Å². The first-order chi connectivity index (χ1) is 16.6. The summed E-state index contributed by atoms with van der Waals surface area (Å²) in [7, 11) is 0. The summed E-state index contributed by atoms with van der Waals surface area (Å²) in [6.07, 6.45) is 1.76. The number of H-pyrrole nitrogens is 1. The van der Waals surface area contributed by atoms with Crippen LogP contribution in [0, 0.1) is 6.08 Å². The van der Waals surface area contributed by atoms with Gasteiger partial charge < -0.3 is 0 Å². The monoisotopic (exact) mass is 567 g/mol. The molecule has 5 aromatic rings. The van der Waals surface area contributed by atoms with Crippen LogP contribution in [0.1, 0.15) is 34.6 Å². The van der Waals surface area contributed by atoms with Crippen molar-refractivity contribution in [3.63, 3.8) is 0 Å². The molecule has 4 heterocycles. The van der Waals surface area contributed by atoms with E-state index in [2.05, 4.69) is 37.4 Å². The molecule has 7 nitrogen and oxygen atoms in total. The first-order valence-electron chi connectivity index (χ1n) is 11.0. The molecule has 0 radical (unpaired) electrons. The van der Waals surface area contributed by atoms with Gasteiger partial charge in [-0.3, -0.25) is 0 Å². The van der Waals surface area contributed by atoms with E-state index < -0.39 is 6.08 Å². The van der Waals surface area contributed by atoms with Gasteiger partial charge in [0, 0.05) is 0 Å². The second-order valence-corrected chi connectivity index (χ2v) is 11.7. The molecule has 0 saturated carbocycles. The maximum absolute atomic E-state index is 14.0. The Balaban J connectivity index is 1.55. The molecule has 2 atom stereocenters. The van der Waals surface area contributed by atoms with Crippen LogP contribution in [0.2, 0.25) is 0 Å². The van der Waals surface area contributed by atoms with Gasteiger partial charge in [0.2, 0.25) is 0 Å². The molecule has 2 aromatic carbocycles. The average Bonchev–Trinajstić information content (AvgIpc) is 3.27. The molecule has 0 amide bonds. The summed E-state index contributed by atoms with van der Waals surface area (Å²) in [6, 6.07) is 17.5. The number of pyridine rings is 1. The van der Waals surface area contributed by atoms with Crippen molar-refractivity contribution in [2.24, 2.45) is 0 Å². The number of anilines is 1. The van der Waals surface area contributed by atoms with Crippen LogP contribution >= 0.6 is 0 Å². The predicted octanol–water partition coefficient (Wildman–Crippen LogP) is 1.50. The standard InChI is InChI=1S/C25H21FIN6O/c1-14(30-23-21-22(29-13-28-21)31-25(26)32-23)19-12-15-6-5-9-17(18-10-11-27-18)20(15)24(34)33(19)16-7-3-2-4-8-16/h2-9,12-14,18H,10-11H2,1H3,(H2,28,29,30,31,32)/q-1/t14-,18?/m0/s1. The SMILES string of the molecule is C[C@H](Nc1nc(F)nc2nc[nH]c12)c1cc2cccc(C3CC[I-]3)c2c(=O)n1-c1ccccc1. The number of aromatic amines is 1. The molecule has 0 aliphatic carbocycles. The van der Waals surface area contributed by atoms with Crippen molar-refractivity contribution >= 4 is 27.8 Å². The normalized spacial score (nSPS) is 16.7. The van der Waals surface area contributed by atoms with Gasteiger partial charge in [-0.2, -0.15) is 0 Å². The minimum atomic E-state index is -0.860. The molecule has 1 saturated heterocycles. The number of hydrogen-bond acceptors (Lipinski definition) is 5. The van der Waals surface area contributed by atoms with Crippen molar-refractivity contribution < 1.29 is 25.6 Å². The number of alkyl halides is 2. The van der Waals surface area contributed by atoms with E-state index >= 15 is 0 Å². The van der Waals surface area contributed by atoms with E-state index in [-0.39, 0.29) is 38.5 Å². The molecular weight excluding hydrogens is 546 g/mol. The van der Waals surface area contributed by atoms with Gasteiger partial charge in [0.05, 0.1) is 0 Å². The Morgan fingerprint density at radius 3 is 2.76 bits per heavy atom. The number of aromatic nitrogens is 5. The van der Waals surface area contributed by atoms with E-state index in [1.165, 1.54) is 16.3 Å².